The summed E-state index contributed by atoms with van der Waals surface area (Å²) in [5.41, 5.74) is 1.48. The molecule has 0 bridgehead atoms. The molecule has 0 aliphatic rings. The summed E-state index contributed by atoms with van der Waals surface area (Å²) in [6.07, 6.45) is 5.98. The number of halogens is 1. The lowest BCUT2D eigenvalue weighted by molar-refractivity contribution is 0.0945. The fourth-order valence-electron chi connectivity index (χ4n) is 1.24. The van der Waals surface area contributed by atoms with Gasteiger partial charge in [0.15, 0.2) is 0 Å². The van der Waals surface area contributed by atoms with Crippen molar-refractivity contribution >= 4 is 17.5 Å². The average Bonchev–Trinajstić information content (AvgIpc) is 2.29. The van der Waals surface area contributed by atoms with Crippen molar-refractivity contribution in [3.63, 3.8) is 0 Å². The van der Waals surface area contributed by atoms with Crippen LogP contribution in [0.1, 0.15) is 29.3 Å². The molecule has 0 aromatic heterocycles. The topological polar surface area (TPSA) is 29.1 Å². The number of hydrogen-bond donors (Lipinski definition) is 1. The van der Waals surface area contributed by atoms with Crippen LogP contribution >= 0.6 is 11.6 Å². The maximum atomic E-state index is 11.8. The van der Waals surface area contributed by atoms with Gasteiger partial charge in [-0.3, -0.25) is 4.79 Å². The van der Waals surface area contributed by atoms with Gasteiger partial charge in [-0.05, 0) is 31.0 Å². The van der Waals surface area contributed by atoms with Gasteiger partial charge in [-0.1, -0.05) is 30.5 Å². The van der Waals surface area contributed by atoms with Gasteiger partial charge in [0.2, 0.25) is 0 Å². The van der Waals surface area contributed by atoms with Gasteiger partial charge in [-0.2, -0.15) is 0 Å². The Morgan fingerprint density at radius 2 is 2.31 bits per heavy atom. The number of nitrogens with one attached hydrogen (secondary N) is 1. The van der Waals surface area contributed by atoms with Crippen LogP contribution in [0.2, 0.25) is 5.02 Å². The van der Waals surface area contributed by atoms with Gasteiger partial charge in [-0.15, -0.1) is 6.42 Å². The minimum absolute atomic E-state index is 0.188. The molecule has 0 saturated carbocycles. The molecule has 0 aliphatic heterocycles. The van der Waals surface area contributed by atoms with Gasteiger partial charge in [0.05, 0.1) is 6.04 Å². The maximum absolute atomic E-state index is 11.8. The molecule has 1 aromatic rings. The fourth-order valence-corrected chi connectivity index (χ4v) is 1.42. The third-order valence-corrected chi connectivity index (χ3v) is 2.76. The van der Waals surface area contributed by atoms with Crippen molar-refractivity contribution in [2.75, 3.05) is 0 Å². The van der Waals surface area contributed by atoms with Gasteiger partial charge in [0.1, 0.15) is 0 Å². The van der Waals surface area contributed by atoms with Crippen LogP contribution in [0.4, 0.5) is 0 Å². The van der Waals surface area contributed by atoms with Crippen molar-refractivity contribution in [3.8, 4) is 12.3 Å². The van der Waals surface area contributed by atoms with Crippen molar-refractivity contribution in [1.29, 1.82) is 0 Å². The third-order valence-electron chi connectivity index (χ3n) is 2.35. The number of carbonyl (C=O) groups is 1. The first-order chi connectivity index (χ1) is 7.58. The molecular formula is C13H14ClNO. The molecular weight excluding hydrogens is 222 g/mol. The second-order valence-corrected chi connectivity index (χ2v) is 3.97. The number of carbonyl (C=O) groups excluding carboxylic acids is 1. The van der Waals surface area contributed by atoms with Crippen molar-refractivity contribution < 1.29 is 4.79 Å². The van der Waals surface area contributed by atoms with Crippen LogP contribution < -0.4 is 5.32 Å². The first kappa shape index (κ1) is 12.6. The van der Waals surface area contributed by atoms with Crippen LogP contribution in [-0.4, -0.2) is 11.9 Å². The summed E-state index contributed by atoms with van der Waals surface area (Å²) < 4.78 is 0. The third kappa shape index (κ3) is 3.01. The molecule has 1 atom stereocenters. The lowest BCUT2D eigenvalue weighted by Gasteiger charge is -2.11. The number of aryl methyl sites for hydroxylation is 1. The molecule has 2 nitrogen and oxygen atoms in total. The van der Waals surface area contributed by atoms with E-state index >= 15 is 0 Å². The quantitative estimate of drug-likeness (QED) is 0.802. The Bertz CT molecular complexity index is 434. The molecule has 0 heterocycles. The summed E-state index contributed by atoms with van der Waals surface area (Å²) in [6.45, 7) is 3.81. The zero-order valence-corrected chi connectivity index (χ0v) is 10.1. The molecule has 0 spiro atoms. The average molecular weight is 236 g/mol. The number of hydrogen-bond acceptors (Lipinski definition) is 1. The Morgan fingerprint density at radius 1 is 1.62 bits per heavy atom. The molecule has 0 fully saturated rings. The Balaban J connectivity index is 2.81. The van der Waals surface area contributed by atoms with E-state index in [1.807, 2.05) is 19.9 Å². The predicted molar refractivity (Wildman–Crippen MR) is 66.6 cm³/mol. The van der Waals surface area contributed by atoms with Crippen molar-refractivity contribution in [1.82, 2.24) is 5.32 Å². The van der Waals surface area contributed by atoms with Crippen molar-refractivity contribution in [3.05, 3.63) is 34.3 Å². The largest absolute Gasteiger partial charge is 0.338 e. The van der Waals surface area contributed by atoms with E-state index in [0.717, 1.165) is 5.56 Å². The molecule has 0 radical (unpaired) electrons. The van der Waals surface area contributed by atoms with E-state index in [2.05, 4.69) is 11.2 Å². The second-order valence-electron chi connectivity index (χ2n) is 3.56. The molecule has 16 heavy (non-hydrogen) atoms. The van der Waals surface area contributed by atoms with Crippen LogP contribution in [0.3, 0.4) is 0 Å². The standard InChI is InChI=1S/C13H14ClNO/c1-4-11(5-2)15-13(16)10-7-6-9(3)12(14)8-10/h1,6-8,11H,5H2,2-3H3,(H,15,16). The summed E-state index contributed by atoms with van der Waals surface area (Å²) in [6, 6.07) is 4.97. The van der Waals surface area contributed by atoms with Gasteiger partial charge >= 0.3 is 0 Å². The predicted octanol–water partition coefficient (Wildman–Crippen LogP) is 2.79. The number of amides is 1. The minimum atomic E-state index is -0.229. The Morgan fingerprint density at radius 3 is 2.81 bits per heavy atom. The number of benzene rings is 1. The van der Waals surface area contributed by atoms with Crippen LogP contribution in [0.25, 0.3) is 0 Å². The molecule has 1 amide bonds. The normalized spacial score (nSPS) is 11.6. The van der Waals surface area contributed by atoms with E-state index in [4.69, 9.17) is 18.0 Å². The van der Waals surface area contributed by atoms with E-state index in [1.165, 1.54) is 0 Å². The van der Waals surface area contributed by atoms with E-state index in [0.29, 0.717) is 17.0 Å². The highest BCUT2D eigenvalue weighted by Crippen LogP contribution is 2.16. The first-order valence-corrected chi connectivity index (χ1v) is 5.49. The molecule has 1 N–H and O–H groups in total. The summed E-state index contributed by atoms with van der Waals surface area (Å²) in [7, 11) is 0. The number of rotatable bonds is 3. The highest BCUT2D eigenvalue weighted by Gasteiger charge is 2.10. The van der Waals surface area contributed by atoms with Crippen LogP contribution in [0.5, 0.6) is 0 Å². The van der Waals surface area contributed by atoms with Crippen LogP contribution in [-0.2, 0) is 0 Å². The van der Waals surface area contributed by atoms with Gasteiger partial charge in [-0.25, -0.2) is 0 Å². The molecule has 84 valence electrons. The lowest BCUT2D eigenvalue weighted by atomic mass is 10.1. The molecule has 1 unspecified atom stereocenters. The fraction of sp³-hybridized carbons (Fsp3) is 0.308. The molecule has 0 saturated heterocycles. The summed E-state index contributed by atoms with van der Waals surface area (Å²) in [4.78, 5) is 11.8. The Hall–Kier alpha value is -1.46. The molecule has 1 aromatic carbocycles. The number of terminal acetylenes is 1. The van der Waals surface area contributed by atoms with Crippen molar-refractivity contribution in [2.24, 2.45) is 0 Å². The molecule has 0 aliphatic carbocycles. The molecule has 1 rings (SSSR count). The van der Waals surface area contributed by atoms with E-state index in [9.17, 15) is 4.79 Å². The highest BCUT2D eigenvalue weighted by molar-refractivity contribution is 6.31. The molecule has 3 heteroatoms. The Kier molecular flexibility index (Phi) is 4.39. The SMILES string of the molecule is C#CC(CC)NC(=O)c1ccc(C)c(Cl)c1. The summed E-state index contributed by atoms with van der Waals surface area (Å²) >= 11 is 5.94. The summed E-state index contributed by atoms with van der Waals surface area (Å²) in [5.74, 6) is 2.33. The Labute approximate surface area is 101 Å². The highest BCUT2D eigenvalue weighted by atomic mass is 35.5. The van der Waals surface area contributed by atoms with E-state index < -0.39 is 0 Å². The van der Waals surface area contributed by atoms with Crippen molar-refractivity contribution in [2.45, 2.75) is 26.3 Å². The summed E-state index contributed by atoms with van der Waals surface area (Å²) in [5, 5.41) is 3.33. The van der Waals surface area contributed by atoms with E-state index in [-0.39, 0.29) is 11.9 Å². The monoisotopic (exact) mass is 235 g/mol. The van der Waals surface area contributed by atoms with Gasteiger partial charge in [0, 0.05) is 10.6 Å². The zero-order chi connectivity index (χ0) is 12.1. The maximum Gasteiger partial charge on any atom is 0.252 e. The van der Waals surface area contributed by atoms with Gasteiger partial charge in [0.25, 0.3) is 5.91 Å². The lowest BCUT2D eigenvalue weighted by Crippen LogP contribution is -2.33. The smallest absolute Gasteiger partial charge is 0.252 e. The zero-order valence-electron chi connectivity index (χ0n) is 9.38. The second kappa shape index (κ2) is 5.58. The van der Waals surface area contributed by atoms with Crippen LogP contribution in [0, 0.1) is 19.3 Å². The first-order valence-electron chi connectivity index (χ1n) is 5.11. The van der Waals surface area contributed by atoms with E-state index in [1.54, 1.807) is 12.1 Å². The van der Waals surface area contributed by atoms with Gasteiger partial charge < -0.3 is 5.32 Å². The minimum Gasteiger partial charge on any atom is -0.338 e. The van der Waals surface area contributed by atoms with Crippen LogP contribution in [0.15, 0.2) is 18.2 Å².